The normalized spacial score (nSPS) is 18.7. The molecule has 0 radical (unpaired) electrons. The van der Waals surface area contributed by atoms with Crippen molar-refractivity contribution < 1.29 is 14.4 Å². The van der Waals surface area contributed by atoms with E-state index in [-0.39, 0.29) is 18.4 Å². The molecule has 0 saturated carbocycles. The van der Waals surface area contributed by atoms with Crippen LogP contribution in [-0.4, -0.2) is 47.3 Å². The summed E-state index contributed by atoms with van der Waals surface area (Å²) in [4.78, 5) is 41.6. The van der Waals surface area contributed by atoms with Crippen LogP contribution in [0.25, 0.3) is 10.8 Å². The number of nitrogens with one attached hydrogen (secondary N) is 1. The zero-order valence-electron chi connectivity index (χ0n) is 18.1. The van der Waals surface area contributed by atoms with E-state index < -0.39 is 11.6 Å². The van der Waals surface area contributed by atoms with Crippen molar-refractivity contribution in [2.75, 3.05) is 19.6 Å². The van der Waals surface area contributed by atoms with Crippen molar-refractivity contribution in [2.24, 2.45) is 0 Å². The Bertz CT molecular complexity index is 934. The molecule has 6 nitrogen and oxygen atoms in total. The maximum atomic E-state index is 13.2. The van der Waals surface area contributed by atoms with Crippen molar-refractivity contribution in [2.45, 2.75) is 52.0 Å². The van der Waals surface area contributed by atoms with Gasteiger partial charge in [0.25, 0.3) is 5.91 Å². The molecule has 1 fully saturated rings. The van der Waals surface area contributed by atoms with Gasteiger partial charge in [0.15, 0.2) is 0 Å². The maximum absolute atomic E-state index is 13.2. The fraction of sp³-hybridized carbons (Fsp3) is 0.458. The Balaban J connectivity index is 1.79. The highest BCUT2D eigenvalue weighted by Crippen LogP contribution is 2.31. The van der Waals surface area contributed by atoms with Gasteiger partial charge in [-0.3, -0.25) is 14.5 Å². The van der Waals surface area contributed by atoms with E-state index in [1.54, 1.807) is 11.8 Å². The molecule has 6 heteroatoms. The van der Waals surface area contributed by atoms with Gasteiger partial charge in [0.2, 0.25) is 5.91 Å². The van der Waals surface area contributed by atoms with Gasteiger partial charge >= 0.3 is 6.03 Å². The highest BCUT2D eigenvalue weighted by atomic mass is 16.2. The fourth-order valence-electron chi connectivity index (χ4n) is 3.83. The van der Waals surface area contributed by atoms with Crippen LogP contribution in [0.1, 0.15) is 52.0 Å². The molecule has 0 bridgehead atoms. The summed E-state index contributed by atoms with van der Waals surface area (Å²) in [7, 11) is 0. The minimum Gasteiger partial charge on any atom is -0.341 e. The molecule has 30 heavy (non-hydrogen) atoms. The number of urea groups is 1. The third kappa shape index (κ3) is 4.32. The first-order valence-corrected chi connectivity index (χ1v) is 10.8. The Kier molecular flexibility index (Phi) is 6.75. The number of hydrogen-bond donors (Lipinski definition) is 1. The second kappa shape index (κ2) is 9.28. The van der Waals surface area contributed by atoms with E-state index in [0.29, 0.717) is 18.7 Å². The van der Waals surface area contributed by atoms with E-state index in [1.165, 1.54) is 0 Å². The predicted molar refractivity (Wildman–Crippen MR) is 118 cm³/mol. The molecule has 1 heterocycles. The van der Waals surface area contributed by atoms with E-state index in [2.05, 4.69) is 19.2 Å². The molecule has 1 aliphatic rings. The number of benzene rings is 2. The van der Waals surface area contributed by atoms with Gasteiger partial charge in [0, 0.05) is 13.1 Å². The first-order valence-electron chi connectivity index (χ1n) is 10.8. The molecule has 1 atom stereocenters. The van der Waals surface area contributed by atoms with Crippen LogP contribution < -0.4 is 5.32 Å². The highest BCUT2D eigenvalue weighted by Gasteiger charge is 2.49. The number of unbranched alkanes of at least 4 members (excludes halogenated alkanes) is 2. The summed E-state index contributed by atoms with van der Waals surface area (Å²) < 4.78 is 0. The van der Waals surface area contributed by atoms with E-state index >= 15 is 0 Å². The number of amides is 4. The second-order valence-corrected chi connectivity index (χ2v) is 8.10. The van der Waals surface area contributed by atoms with Crippen molar-refractivity contribution in [3.8, 4) is 0 Å². The molecule has 1 saturated heterocycles. The lowest BCUT2D eigenvalue weighted by molar-refractivity contribution is -0.139. The second-order valence-electron chi connectivity index (χ2n) is 8.10. The average molecular weight is 410 g/mol. The van der Waals surface area contributed by atoms with Crippen molar-refractivity contribution >= 4 is 28.6 Å². The average Bonchev–Trinajstić information content (AvgIpc) is 2.97. The fourth-order valence-corrected chi connectivity index (χ4v) is 3.83. The molecule has 1 aliphatic heterocycles. The summed E-state index contributed by atoms with van der Waals surface area (Å²) in [6.07, 6.45) is 3.78. The number of fused-ring (bicyclic) bond motifs is 1. The zero-order chi connectivity index (χ0) is 21.7. The molecule has 1 N–H and O–H groups in total. The van der Waals surface area contributed by atoms with Crippen molar-refractivity contribution in [1.29, 1.82) is 0 Å². The van der Waals surface area contributed by atoms with Gasteiger partial charge in [-0.25, -0.2) is 4.79 Å². The molecule has 0 aromatic heterocycles. The Morgan fingerprint density at radius 2 is 1.63 bits per heavy atom. The largest absolute Gasteiger partial charge is 0.341 e. The molecule has 0 aliphatic carbocycles. The smallest absolute Gasteiger partial charge is 0.325 e. The molecule has 0 unspecified atom stereocenters. The Morgan fingerprint density at radius 1 is 1.00 bits per heavy atom. The third-order valence-corrected chi connectivity index (χ3v) is 5.81. The molecule has 2 aromatic rings. The standard InChI is InChI=1S/C24H31N3O3/c1-4-6-14-26(15-7-5-2)21(28)17-27-22(29)24(3,25-23(27)30)20-13-12-18-10-8-9-11-19(18)16-20/h8-13,16H,4-7,14-15,17H2,1-3H3,(H,25,30)/t24-/m1/s1. The van der Waals surface area contributed by atoms with E-state index in [0.717, 1.165) is 41.4 Å². The number of rotatable bonds is 9. The molecule has 0 spiro atoms. The summed E-state index contributed by atoms with van der Waals surface area (Å²) in [5, 5.41) is 4.87. The van der Waals surface area contributed by atoms with Crippen LogP contribution in [0, 0.1) is 0 Å². The van der Waals surface area contributed by atoms with Crippen LogP contribution in [0.5, 0.6) is 0 Å². The lowest BCUT2D eigenvalue weighted by Gasteiger charge is -2.25. The Labute approximate surface area is 178 Å². The van der Waals surface area contributed by atoms with Gasteiger partial charge in [-0.2, -0.15) is 0 Å². The topological polar surface area (TPSA) is 69.7 Å². The first-order chi connectivity index (χ1) is 14.4. The molecular formula is C24H31N3O3. The lowest BCUT2D eigenvalue weighted by atomic mass is 9.90. The number of carbonyl (C=O) groups excluding carboxylic acids is 3. The minimum atomic E-state index is -1.18. The summed E-state index contributed by atoms with van der Waals surface area (Å²) in [6.45, 7) is 6.95. The van der Waals surface area contributed by atoms with E-state index in [9.17, 15) is 14.4 Å². The lowest BCUT2D eigenvalue weighted by Crippen LogP contribution is -2.45. The SMILES string of the molecule is CCCCN(CCCC)C(=O)CN1C(=O)N[C@](C)(c2ccc3ccccc3c2)C1=O. The van der Waals surface area contributed by atoms with Crippen LogP contribution in [0.3, 0.4) is 0 Å². The Hall–Kier alpha value is -2.89. The number of imide groups is 1. The molecule has 2 aromatic carbocycles. The van der Waals surface area contributed by atoms with Gasteiger partial charge in [-0.05, 0) is 42.2 Å². The highest BCUT2D eigenvalue weighted by molar-refractivity contribution is 6.09. The summed E-state index contributed by atoms with van der Waals surface area (Å²) in [6, 6.07) is 13.1. The van der Waals surface area contributed by atoms with Crippen LogP contribution >= 0.6 is 0 Å². The van der Waals surface area contributed by atoms with E-state index in [4.69, 9.17) is 0 Å². The predicted octanol–water partition coefficient (Wildman–Crippen LogP) is 4.04. The monoisotopic (exact) mass is 409 g/mol. The third-order valence-electron chi connectivity index (χ3n) is 5.81. The van der Waals surface area contributed by atoms with Crippen molar-refractivity contribution in [1.82, 2.24) is 15.1 Å². The number of hydrogen-bond acceptors (Lipinski definition) is 3. The van der Waals surface area contributed by atoms with Crippen molar-refractivity contribution in [3.05, 3.63) is 48.0 Å². The number of carbonyl (C=O) groups is 3. The molecule has 3 rings (SSSR count). The molecule has 4 amide bonds. The molecule has 160 valence electrons. The number of nitrogens with zero attached hydrogens (tertiary/aromatic N) is 2. The maximum Gasteiger partial charge on any atom is 0.325 e. The van der Waals surface area contributed by atoms with Gasteiger partial charge in [-0.15, -0.1) is 0 Å². The van der Waals surface area contributed by atoms with Crippen LogP contribution in [0.15, 0.2) is 42.5 Å². The first kappa shape index (κ1) is 21.8. The van der Waals surface area contributed by atoms with Crippen molar-refractivity contribution in [3.63, 3.8) is 0 Å². The van der Waals surface area contributed by atoms with Gasteiger partial charge < -0.3 is 10.2 Å². The Morgan fingerprint density at radius 3 is 2.27 bits per heavy atom. The minimum absolute atomic E-state index is 0.178. The van der Waals surface area contributed by atoms with Crippen LogP contribution in [-0.2, 0) is 15.1 Å². The van der Waals surface area contributed by atoms with Gasteiger partial charge in [0.05, 0.1) is 0 Å². The summed E-state index contributed by atoms with van der Waals surface area (Å²) in [5.41, 5.74) is -0.470. The summed E-state index contributed by atoms with van der Waals surface area (Å²) in [5.74, 6) is -0.565. The quantitative estimate of drug-likeness (QED) is 0.636. The van der Waals surface area contributed by atoms with Gasteiger partial charge in [0.1, 0.15) is 12.1 Å². The zero-order valence-corrected chi connectivity index (χ0v) is 18.1. The van der Waals surface area contributed by atoms with Crippen LogP contribution in [0.4, 0.5) is 4.79 Å². The van der Waals surface area contributed by atoms with E-state index in [1.807, 2.05) is 42.5 Å². The molecular weight excluding hydrogens is 378 g/mol. The van der Waals surface area contributed by atoms with Gasteiger partial charge in [-0.1, -0.05) is 63.1 Å². The summed E-state index contributed by atoms with van der Waals surface area (Å²) >= 11 is 0. The van der Waals surface area contributed by atoms with Crippen LogP contribution in [0.2, 0.25) is 0 Å².